The summed E-state index contributed by atoms with van der Waals surface area (Å²) in [5, 5.41) is 13.7. The summed E-state index contributed by atoms with van der Waals surface area (Å²) in [5.41, 5.74) is 0.878. The molecule has 3 rings (SSSR count). The lowest BCUT2D eigenvalue weighted by Gasteiger charge is -2.25. The van der Waals surface area contributed by atoms with Crippen LogP contribution >= 0.6 is 0 Å². The minimum Gasteiger partial charge on any atom is -0.439 e. The SMILES string of the molecule is CC(C)CC(Cc1nnn[nH]1)C(=O)N1C(=O)O[C@@H](c2ccccc2)[C@H]1C. The first kappa shape index (κ1) is 18.0. The topological polar surface area (TPSA) is 101 Å². The van der Waals surface area contributed by atoms with Gasteiger partial charge >= 0.3 is 6.09 Å². The number of amides is 2. The second-order valence-corrected chi connectivity index (χ2v) is 7.04. The molecule has 0 aliphatic carbocycles. The summed E-state index contributed by atoms with van der Waals surface area (Å²) in [6, 6.07) is 9.10. The Labute approximate surface area is 151 Å². The summed E-state index contributed by atoms with van der Waals surface area (Å²) in [6.07, 6.45) is -0.0668. The highest BCUT2D eigenvalue weighted by atomic mass is 16.6. The van der Waals surface area contributed by atoms with Gasteiger partial charge in [-0.25, -0.2) is 14.8 Å². The second-order valence-electron chi connectivity index (χ2n) is 7.04. The van der Waals surface area contributed by atoms with E-state index in [1.54, 1.807) is 0 Å². The number of nitrogens with one attached hydrogen (secondary N) is 1. The fourth-order valence-corrected chi connectivity index (χ4v) is 3.38. The summed E-state index contributed by atoms with van der Waals surface area (Å²) < 4.78 is 5.50. The summed E-state index contributed by atoms with van der Waals surface area (Å²) in [6.45, 7) is 5.91. The van der Waals surface area contributed by atoms with Gasteiger partial charge in [0.1, 0.15) is 11.9 Å². The van der Waals surface area contributed by atoms with Crippen molar-refractivity contribution in [1.82, 2.24) is 25.5 Å². The monoisotopic (exact) mass is 357 g/mol. The van der Waals surface area contributed by atoms with E-state index < -0.39 is 18.1 Å². The van der Waals surface area contributed by atoms with Crippen molar-refractivity contribution in [2.45, 2.75) is 45.8 Å². The first-order valence-corrected chi connectivity index (χ1v) is 8.78. The van der Waals surface area contributed by atoms with E-state index in [1.807, 2.05) is 51.1 Å². The van der Waals surface area contributed by atoms with Crippen LogP contribution in [0.15, 0.2) is 30.3 Å². The van der Waals surface area contributed by atoms with Crippen LogP contribution < -0.4 is 0 Å². The lowest BCUT2D eigenvalue weighted by molar-refractivity contribution is -0.134. The fourth-order valence-electron chi connectivity index (χ4n) is 3.38. The van der Waals surface area contributed by atoms with Crippen molar-refractivity contribution in [3.63, 3.8) is 0 Å². The molecule has 2 amide bonds. The maximum absolute atomic E-state index is 13.1. The zero-order valence-corrected chi connectivity index (χ0v) is 15.1. The molecule has 0 saturated carbocycles. The van der Waals surface area contributed by atoms with Crippen LogP contribution in [0.2, 0.25) is 0 Å². The van der Waals surface area contributed by atoms with E-state index in [4.69, 9.17) is 4.74 Å². The number of rotatable bonds is 6. The van der Waals surface area contributed by atoms with Gasteiger partial charge in [-0.3, -0.25) is 4.79 Å². The molecule has 8 heteroatoms. The molecule has 1 fully saturated rings. The van der Waals surface area contributed by atoms with Gasteiger partial charge in [0.05, 0.1) is 6.04 Å². The Bertz CT molecular complexity index is 747. The average Bonchev–Trinajstić information content (AvgIpc) is 3.22. The van der Waals surface area contributed by atoms with Gasteiger partial charge < -0.3 is 4.74 Å². The number of nitrogens with zero attached hydrogens (tertiary/aromatic N) is 4. The zero-order chi connectivity index (χ0) is 18.7. The van der Waals surface area contributed by atoms with Gasteiger partial charge in [-0.15, -0.1) is 5.10 Å². The minimum absolute atomic E-state index is 0.244. The normalized spacial score (nSPS) is 21.1. The Morgan fingerprint density at radius 1 is 1.31 bits per heavy atom. The van der Waals surface area contributed by atoms with Crippen molar-refractivity contribution in [2.75, 3.05) is 0 Å². The highest BCUT2D eigenvalue weighted by molar-refractivity contribution is 5.95. The fraction of sp³-hybridized carbons (Fsp3) is 0.500. The number of imide groups is 1. The number of cyclic esters (lactones) is 1. The molecule has 1 unspecified atom stereocenters. The van der Waals surface area contributed by atoms with Gasteiger partial charge in [-0.2, -0.15) is 0 Å². The third-order valence-corrected chi connectivity index (χ3v) is 4.57. The molecule has 0 bridgehead atoms. The number of ether oxygens (including phenoxy) is 1. The average molecular weight is 357 g/mol. The van der Waals surface area contributed by atoms with E-state index in [0.29, 0.717) is 24.6 Å². The highest BCUT2D eigenvalue weighted by Gasteiger charge is 2.45. The van der Waals surface area contributed by atoms with Crippen molar-refractivity contribution in [1.29, 1.82) is 0 Å². The van der Waals surface area contributed by atoms with Crippen LogP contribution in [0.25, 0.3) is 0 Å². The van der Waals surface area contributed by atoms with E-state index >= 15 is 0 Å². The number of H-pyrrole nitrogens is 1. The zero-order valence-electron chi connectivity index (χ0n) is 15.1. The maximum atomic E-state index is 13.1. The van der Waals surface area contributed by atoms with Gasteiger partial charge in [0, 0.05) is 12.3 Å². The first-order chi connectivity index (χ1) is 12.5. The molecule has 1 aliphatic heterocycles. The number of tetrazole rings is 1. The summed E-state index contributed by atoms with van der Waals surface area (Å²) in [5.74, 6) is 0.183. The molecule has 0 radical (unpaired) electrons. The predicted octanol–water partition coefficient (Wildman–Crippen LogP) is 2.51. The highest BCUT2D eigenvalue weighted by Crippen LogP contribution is 2.34. The predicted molar refractivity (Wildman–Crippen MR) is 92.8 cm³/mol. The van der Waals surface area contributed by atoms with E-state index in [0.717, 1.165) is 5.56 Å². The lowest BCUT2D eigenvalue weighted by Crippen LogP contribution is -2.42. The number of hydrogen-bond acceptors (Lipinski definition) is 6. The Balaban J connectivity index is 1.80. The van der Waals surface area contributed by atoms with Crippen LogP contribution in [0.1, 0.15) is 44.7 Å². The Morgan fingerprint density at radius 2 is 2.04 bits per heavy atom. The van der Waals surface area contributed by atoms with Crippen LogP contribution in [0.3, 0.4) is 0 Å². The number of aromatic amines is 1. The van der Waals surface area contributed by atoms with E-state index in [9.17, 15) is 9.59 Å². The molecule has 1 aromatic heterocycles. The number of aromatic nitrogens is 4. The van der Waals surface area contributed by atoms with Crippen molar-refractivity contribution in [3.8, 4) is 0 Å². The Morgan fingerprint density at radius 3 is 2.65 bits per heavy atom. The molecule has 1 aliphatic rings. The molecule has 8 nitrogen and oxygen atoms in total. The van der Waals surface area contributed by atoms with Crippen LogP contribution in [0.4, 0.5) is 4.79 Å². The second kappa shape index (κ2) is 7.63. The van der Waals surface area contributed by atoms with Crippen LogP contribution in [0, 0.1) is 11.8 Å². The third kappa shape index (κ3) is 3.74. The molecule has 3 atom stereocenters. The number of benzene rings is 1. The van der Waals surface area contributed by atoms with E-state index in [-0.39, 0.29) is 11.9 Å². The summed E-state index contributed by atoms with van der Waals surface area (Å²) in [7, 11) is 0. The molecule has 0 spiro atoms. The van der Waals surface area contributed by atoms with Crippen LogP contribution in [-0.4, -0.2) is 43.6 Å². The summed E-state index contributed by atoms with van der Waals surface area (Å²) >= 11 is 0. The molecule has 1 aromatic carbocycles. The van der Waals surface area contributed by atoms with Crippen molar-refractivity contribution >= 4 is 12.0 Å². The van der Waals surface area contributed by atoms with Crippen molar-refractivity contribution < 1.29 is 14.3 Å². The van der Waals surface area contributed by atoms with Gasteiger partial charge in [0.25, 0.3) is 0 Å². The standard InChI is InChI=1S/C18H23N5O3/c1-11(2)9-14(10-15-19-21-22-20-15)17(24)23-12(3)16(26-18(23)25)13-7-5-4-6-8-13/h4-8,11-12,14,16H,9-10H2,1-3H3,(H,19,20,21,22)/t12-,14?,16-/m1/s1. The largest absolute Gasteiger partial charge is 0.439 e. The third-order valence-electron chi connectivity index (χ3n) is 4.57. The summed E-state index contributed by atoms with van der Waals surface area (Å²) in [4.78, 5) is 26.8. The van der Waals surface area contributed by atoms with Crippen molar-refractivity contribution in [3.05, 3.63) is 41.7 Å². The van der Waals surface area contributed by atoms with Crippen LogP contribution in [-0.2, 0) is 16.0 Å². The molecular formula is C18H23N5O3. The smallest absolute Gasteiger partial charge is 0.417 e. The van der Waals surface area contributed by atoms with Crippen LogP contribution in [0.5, 0.6) is 0 Å². The molecule has 2 heterocycles. The quantitative estimate of drug-likeness (QED) is 0.852. The number of carbonyl (C=O) groups is 2. The molecule has 138 valence electrons. The maximum Gasteiger partial charge on any atom is 0.417 e. The first-order valence-electron chi connectivity index (χ1n) is 8.78. The van der Waals surface area contributed by atoms with E-state index in [2.05, 4.69) is 20.6 Å². The number of carbonyl (C=O) groups excluding carboxylic acids is 2. The molecular weight excluding hydrogens is 334 g/mol. The number of hydrogen-bond donors (Lipinski definition) is 1. The van der Waals surface area contributed by atoms with Gasteiger partial charge in [0.2, 0.25) is 5.91 Å². The van der Waals surface area contributed by atoms with Gasteiger partial charge in [-0.1, -0.05) is 44.2 Å². The van der Waals surface area contributed by atoms with Gasteiger partial charge in [0.15, 0.2) is 0 Å². The van der Waals surface area contributed by atoms with E-state index in [1.165, 1.54) is 4.90 Å². The van der Waals surface area contributed by atoms with Gasteiger partial charge in [-0.05, 0) is 35.3 Å². The molecule has 2 aromatic rings. The lowest BCUT2D eigenvalue weighted by atomic mass is 9.92. The minimum atomic E-state index is -0.596. The molecule has 1 N–H and O–H groups in total. The molecule has 26 heavy (non-hydrogen) atoms. The Kier molecular flexibility index (Phi) is 5.29. The molecule has 1 saturated heterocycles. The van der Waals surface area contributed by atoms with Crippen molar-refractivity contribution in [2.24, 2.45) is 11.8 Å². The Hall–Kier alpha value is -2.77.